The highest BCUT2D eigenvalue weighted by Gasteiger charge is 2.29. The first-order chi connectivity index (χ1) is 30.2. The molecule has 5 heteroatoms. The number of aromatic nitrogens is 3. The highest BCUT2D eigenvalue weighted by molar-refractivity contribution is 6.25. The Hall–Kier alpha value is -7.76. The van der Waals surface area contributed by atoms with Crippen LogP contribution in [0.15, 0.2) is 201 Å². The molecule has 0 bridgehead atoms. The minimum Gasteiger partial charge on any atom is -0.449 e. The third kappa shape index (κ3) is 7.32. The zero-order chi connectivity index (χ0) is 41.7. The lowest BCUT2D eigenvalue weighted by atomic mass is 10.00. The average Bonchev–Trinajstić information content (AvgIpc) is 3.70. The van der Waals surface area contributed by atoms with Gasteiger partial charge in [-0.3, -0.25) is 0 Å². The monoisotopic (exact) mass is 791 g/mol. The first-order valence-corrected chi connectivity index (χ1v) is 20.9. The summed E-state index contributed by atoms with van der Waals surface area (Å²) >= 11 is 0. The van der Waals surface area contributed by atoms with E-state index in [1.54, 1.807) is 0 Å². The summed E-state index contributed by atoms with van der Waals surface area (Å²) < 4.78 is 15.8. The van der Waals surface area contributed by atoms with Gasteiger partial charge >= 0.3 is 0 Å². The fourth-order valence-corrected chi connectivity index (χ4v) is 7.91. The summed E-state index contributed by atoms with van der Waals surface area (Å²) in [5.74, 6) is 3.54. The summed E-state index contributed by atoms with van der Waals surface area (Å²) in [6.45, 7) is 9.54. The van der Waals surface area contributed by atoms with E-state index in [0.717, 1.165) is 89.6 Å². The predicted octanol–water partition coefficient (Wildman–Crippen LogP) is 15.9. The molecule has 0 atom stereocenters. The van der Waals surface area contributed by atoms with Crippen LogP contribution in [0.5, 0.6) is 23.0 Å². The van der Waals surface area contributed by atoms with Crippen molar-refractivity contribution < 1.29 is 9.47 Å². The molecule has 0 saturated heterocycles. The molecule has 1 aliphatic heterocycles. The van der Waals surface area contributed by atoms with Crippen LogP contribution in [0.3, 0.4) is 0 Å². The van der Waals surface area contributed by atoms with Crippen molar-refractivity contribution in [3.05, 3.63) is 201 Å². The molecular formula is C56H45N3O2. The summed E-state index contributed by atoms with van der Waals surface area (Å²) in [4.78, 5) is 10.1. The van der Waals surface area contributed by atoms with Crippen LogP contribution in [0.2, 0.25) is 0 Å². The van der Waals surface area contributed by atoms with Crippen molar-refractivity contribution >= 4 is 32.6 Å². The maximum absolute atomic E-state index is 6.80. The van der Waals surface area contributed by atoms with Crippen molar-refractivity contribution in [3.63, 3.8) is 0 Å². The summed E-state index contributed by atoms with van der Waals surface area (Å²) in [6.07, 6.45) is 2.96. The SMILES string of the molecule is C=CCC.CC.c1ccc(-c2cc(-c3cccc(-c4cccc(-n5c6ccccc6c6c7ccccc7c7c(c65)Oc5ccccc5O7)c4)c3)nc(-c3ccccc3)n2)cc1. The van der Waals surface area contributed by atoms with E-state index < -0.39 is 0 Å². The highest BCUT2D eigenvalue weighted by atomic mass is 16.6. The van der Waals surface area contributed by atoms with Crippen LogP contribution < -0.4 is 9.47 Å². The molecule has 61 heavy (non-hydrogen) atoms. The molecule has 296 valence electrons. The average molecular weight is 792 g/mol. The topological polar surface area (TPSA) is 49.2 Å². The molecule has 8 aromatic carbocycles. The molecule has 0 unspecified atom stereocenters. The first kappa shape index (κ1) is 38.7. The molecule has 0 saturated carbocycles. The standard InChI is InChI=1S/C50H31N3O2.C4H8.C2H6/c1-3-15-32(16-4-1)41-31-42(52-50(51-41)33-17-5-2-6-18-33)36-21-13-19-34(29-36)35-20-14-22-37(30-35)53-43-26-10-9-25-40(43)46-38-23-7-8-24-39(38)48-49(47(46)53)55-45-28-12-11-27-44(45)54-48;1-3-4-2;1-2/h1-31H;3H,1,4H2,2H3;1-2H3. The molecule has 0 aliphatic carbocycles. The van der Waals surface area contributed by atoms with E-state index in [0.29, 0.717) is 23.1 Å². The van der Waals surface area contributed by atoms with E-state index >= 15 is 0 Å². The van der Waals surface area contributed by atoms with E-state index in [2.05, 4.69) is 145 Å². The molecule has 0 N–H and O–H groups in total. The number of nitrogens with zero attached hydrogens (tertiary/aromatic N) is 3. The molecule has 2 aromatic heterocycles. The third-order valence-corrected chi connectivity index (χ3v) is 10.7. The largest absolute Gasteiger partial charge is 0.449 e. The number of hydrogen-bond donors (Lipinski definition) is 0. The Bertz CT molecular complexity index is 3110. The maximum Gasteiger partial charge on any atom is 0.195 e. The van der Waals surface area contributed by atoms with Gasteiger partial charge in [0.05, 0.1) is 16.9 Å². The summed E-state index contributed by atoms with van der Waals surface area (Å²) in [7, 11) is 0. The van der Waals surface area contributed by atoms with Crippen LogP contribution in [0.4, 0.5) is 0 Å². The van der Waals surface area contributed by atoms with Gasteiger partial charge < -0.3 is 14.0 Å². The minimum absolute atomic E-state index is 0.695. The molecule has 0 amide bonds. The van der Waals surface area contributed by atoms with Gasteiger partial charge in [0.15, 0.2) is 28.8 Å². The van der Waals surface area contributed by atoms with E-state index in [9.17, 15) is 0 Å². The van der Waals surface area contributed by atoms with Crippen LogP contribution in [0.25, 0.3) is 83.3 Å². The van der Waals surface area contributed by atoms with Gasteiger partial charge in [-0.15, -0.1) is 6.58 Å². The van der Waals surface area contributed by atoms with Crippen LogP contribution in [-0.2, 0) is 0 Å². The summed E-state index contributed by atoms with van der Waals surface area (Å²) in [6, 6.07) is 64.8. The second kappa shape index (κ2) is 17.2. The molecule has 0 radical (unpaired) electrons. The van der Waals surface area contributed by atoms with Crippen molar-refractivity contribution in [2.45, 2.75) is 27.2 Å². The molecular weight excluding hydrogens is 747 g/mol. The lowest BCUT2D eigenvalue weighted by molar-refractivity contribution is 0.366. The zero-order valence-electron chi connectivity index (χ0n) is 34.5. The quantitative estimate of drug-likeness (QED) is 0.157. The number of rotatable bonds is 6. The fraction of sp³-hybridized carbons (Fsp3) is 0.0714. The van der Waals surface area contributed by atoms with Crippen molar-refractivity contribution in [2.24, 2.45) is 0 Å². The van der Waals surface area contributed by atoms with Gasteiger partial charge in [-0.25, -0.2) is 9.97 Å². The van der Waals surface area contributed by atoms with Gasteiger partial charge in [-0.2, -0.15) is 0 Å². The number of para-hydroxylation sites is 3. The molecule has 5 nitrogen and oxygen atoms in total. The van der Waals surface area contributed by atoms with Gasteiger partial charge in [0.25, 0.3) is 0 Å². The third-order valence-electron chi connectivity index (χ3n) is 10.7. The van der Waals surface area contributed by atoms with Gasteiger partial charge in [0.1, 0.15) is 5.52 Å². The summed E-state index contributed by atoms with van der Waals surface area (Å²) in [5, 5.41) is 4.42. The van der Waals surface area contributed by atoms with Gasteiger partial charge in [0.2, 0.25) is 0 Å². The Kier molecular flexibility index (Phi) is 10.9. The second-order valence-corrected chi connectivity index (χ2v) is 14.5. The second-order valence-electron chi connectivity index (χ2n) is 14.5. The fourth-order valence-electron chi connectivity index (χ4n) is 7.91. The minimum atomic E-state index is 0.695. The molecule has 3 heterocycles. The number of ether oxygens (including phenoxy) is 2. The van der Waals surface area contributed by atoms with Crippen molar-refractivity contribution in [2.75, 3.05) is 0 Å². The van der Waals surface area contributed by atoms with E-state index in [4.69, 9.17) is 19.4 Å². The lowest BCUT2D eigenvalue weighted by Gasteiger charge is -2.24. The van der Waals surface area contributed by atoms with Crippen LogP contribution in [0, 0.1) is 0 Å². The number of benzene rings is 8. The molecule has 1 aliphatic rings. The lowest BCUT2D eigenvalue weighted by Crippen LogP contribution is -2.03. The predicted molar refractivity (Wildman–Crippen MR) is 254 cm³/mol. The first-order valence-electron chi connectivity index (χ1n) is 20.9. The maximum atomic E-state index is 6.80. The van der Waals surface area contributed by atoms with Gasteiger partial charge in [-0.1, -0.05) is 172 Å². The highest BCUT2D eigenvalue weighted by Crippen LogP contribution is 2.55. The molecule has 11 rings (SSSR count). The van der Waals surface area contributed by atoms with Crippen LogP contribution in [0.1, 0.15) is 27.2 Å². The summed E-state index contributed by atoms with van der Waals surface area (Å²) in [5.41, 5.74) is 10.0. The van der Waals surface area contributed by atoms with Crippen molar-refractivity contribution in [3.8, 4) is 73.7 Å². The number of hydrogen-bond acceptors (Lipinski definition) is 4. The Morgan fingerprint density at radius 2 is 1.00 bits per heavy atom. The smallest absolute Gasteiger partial charge is 0.195 e. The Labute approximate surface area is 356 Å². The number of allylic oxidation sites excluding steroid dienone is 1. The van der Waals surface area contributed by atoms with Crippen molar-refractivity contribution in [1.82, 2.24) is 14.5 Å². The normalized spacial score (nSPS) is 11.3. The Morgan fingerprint density at radius 3 is 1.69 bits per heavy atom. The van der Waals surface area contributed by atoms with Crippen LogP contribution >= 0.6 is 0 Å². The number of fused-ring (bicyclic) bond motifs is 9. The van der Waals surface area contributed by atoms with Crippen molar-refractivity contribution in [1.29, 1.82) is 0 Å². The van der Waals surface area contributed by atoms with Gasteiger partial charge in [0, 0.05) is 38.5 Å². The molecule has 10 aromatic rings. The molecule has 0 fully saturated rings. The zero-order valence-corrected chi connectivity index (χ0v) is 34.5. The Balaban J connectivity index is 0.000000752. The molecule has 0 spiro atoms. The Morgan fingerprint density at radius 1 is 0.492 bits per heavy atom. The van der Waals surface area contributed by atoms with E-state index in [-0.39, 0.29) is 0 Å². The van der Waals surface area contributed by atoms with E-state index in [1.165, 1.54) is 0 Å². The van der Waals surface area contributed by atoms with Crippen LogP contribution in [-0.4, -0.2) is 14.5 Å². The van der Waals surface area contributed by atoms with E-state index in [1.807, 2.05) is 80.6 Å². The van der Waals surface area contributed by atoms with Gasteiger partial charge in [-0.05, 0) is 65.4 Å².